The van der Waals surface area contributed by atoms with Crippen LogP contribution in [0.3, 0.4) is 0 Å². The van der Waals surface area contributed by atoms with Crippen LogP contribution in [0, 0.1) is 0 Å². The van der Waals surface area contributed by atoms with Gasteiger partial charge in [-0.3, -0.25) is 14.5 Å². The van der Waals surface area contributed by atoms with E-state index < -0.39 is 6.04 Å². The topological polar surface area (TPSA) is 70.7 Å². The lowest BCUT2D eigenvalue weighted by atomic mass is 9.79. The number of nitrogens with zero attached hydrogens (tertiary/aromatic N) is 1. The third kappa shape index (κ3) is 5.25. The van der Waals surface area contributed by atoms with E-state index in [1.54, 1.807) is 31.2 Å². The summed E-state index contributed by atoms with van der Waals surface area (Å²) in [4.78, 5) is 27.5. The molecule has 2 amide bonds. The summed E-state index contributed by atoms with van der Waals surface area (Å²) in [5, 5.41) is 6.44. The molecule has 6 nitrogen and oxygen atoms in total. The van der Waals surface area contributed by atoms with Gasteiger partial charge in [0.2, 0.25) is 5.91 Å². The lowest BCUT2D eigenvalue weighted by Gasteiger charge is -2.48. The van der Waals surface area contributed by atoms with Gasteiger partial charge >= 0.3 is 0 Å². The molecule has 1 saturated carbocycles. The zero-order valence-corrected chi connectivity index (χ0v) is 17.3. The molecule has 154 valence electrons. The SMILES string of the molecule is CC(NC(=O)c1ccc(Cl)cc1)C(=O)NCC1(N2CCOCC2)CCCCC1. The Morgan fingerprint density at radius 2 is 1.79 bits per heavy atom. The predicted molar refractivity (Wildman–Crippen MR) is 110 cm³/mol. The molecule has 2 aliphatic rings. The number of benzene rings is 1. The fourth-order valence-corrected chi connectivity index (χ4v) is 4.33. The minimum atomic E-state index is -0.603. The minimum absolute atomic E-state index is 0.0115. The second kappa shape index (κ2) is 9.72. The van der Waals surface area contributed by atoms with Crippen LogP contribution in [-0.4, -0.2) is 61.1 Å². The van der Waals surface area contributed by atoms with Crippen molar-refractivity contribution >= 4 is 23.4 Å². The molecule has 3 rings (SSSR count). The number of carbonyl (C=O) groups is 2. The summed E-state index contributed by atoms with van der Waals surface area (Å²) in [6, 6.07) is 6.02. The Kier molecular flexibility index (Phi) is 7.32. The van der Waals surface area contributed by atoms with E-state index in [9.17, 15) is 9.59 Å². The number of amides is 2. The Morgan fingerprint density at radius 3 is 2.43 bits per heavy atom. The molecule has 0 radical (unpaired) electrons. The molecule has 1 unspecified atom stereocenters. The third-order valence-corrected chi connectivity index (χ3v) is 6.16. The number of ether oxygens (including phenoxy) is 1. The van der Waals surface area contributed by atoms with E-state index in [0.29, 0.717) is 17.1 Å². The van der Waals surface area contributed by atoms with E-state index in [4.69, 9.17) is 16.3 Å². The van der Waals surface area contributed by atoms with Gasteiger partial charge in [-0.2, -0.15) is 0 Å². The first-order valence-corrected chi connectivity index (χ1v) is 10.5. The number of carbonyl (C=O) groups excluding carboxylic acids is 2. The van der Waals surface area contributed by atoms with Crippen LogP contribution in [0.5, 0.6) is 0 Å². The summed E-state index contributed by atoms with van der Waals surface area (Å²) in [6.07, 6.45) is 5.83. The summed E-state index contributed by atoms with van der Waals surface area (Å²) in [6.45, 7) is 5.67. The molecule has 1 heterocycles. The van der Waals surface area contributed by atoms with Crippen LogP contribution in [0.2, 0.25) is 5.02 Å². The standard InChI is InChI=1S/C21H30ClN3O3/c1-16(24-20(27)17-5-7-18(22)8-6-17)19(26)23-15-21(9-3-2-4-10-21)25-11-13-28-14-12-25/h5-8,16H,2-4,9-15H2,1H3,(H,23,26)(H,24,27). The van der Waals surface area contributed by atoms with Gasteiger partial charge in [0.1, 0.15) is 6.04 Å². The molecule has 0 spiro atoms. The molecule has 1 aliphatic carbocycles. The lowest BCUT2D eigenvalue weighted by molar-refractivity contribution is -0.123. The maximum absolute atomic E-state index is 12.6. The highest BCUT2D eigenvalue weighted by atomic mass is 35.5. The van der Waals surface area contributed by atoms with Crippen LogP contribution in [-0.2, 0) is 9.53 Å². The van der Waals surface area contributed by atoms with Crippen LogP contribution in [0.4, 0.5) is 0 Å². The van der Waals surface area contributed by atoms with Gasteiger partial charge in [0, 0.05) is 35.8 Å². The summed E-state index contributed by atoms with van der Waals surface area (Å²) < 4.78 is 5.51. The molecule has 1 saturated heterocycles. The van der Waals surface area contributed by atoms with E-state index in [2.05, 4.69) is 15.5 Å². The van der Waals surface area contributed by atoms with Crippen molar-refractivity contribution < 1.29 is 14.3 Å². The van der Waals surface area contributed by atoms with E-state index in [0.717, 1.165) is 39.1 Å². The van der Waals surface area contributed by atoms with Gasteiger partial charge < -0.3 is 15.4 Å². The van der Waals surface area contributed by atoms with Crippen molar-refractivity contribution in [3.63, 3.8) is 0 Å². The van der Waals surface area contributed by atoms with E-state index in [1.165, 1.54) is 19.3 Å². The molecule has 2 fully saturated rings. The summed E-state index contributed by atoms with van der Waals surface area (Å²) in [7, 11) is 0. The highest BCUT2D eigenvalue weighted by Crippen LogP contribution is 2.33. The lowest BCUT2D eigenvalue weighted by Crippen LogP contribution is -2.60. The molecule has 2 N–H and O–H groups in total. The second-order valence-corrected chi connectivity index (χ2v) is 8.24. The normalized spacial score (nSPS) is 20.9. The molecule has 28 heavy (non-hydrogen) atoms. The zero-order chi connectivity index (χ0) is 20.0. The fourth-order valence-electron chi connectivity index (χ4n) is 4.20. The van der Waals surface area contributed by atoms with Crippen LogP contribution in [0.25, 0.3) is 0 Å². The van der Waals surface area contributed by atoms with Crippen molar-refractivity contribution in [3.8, 4) is 0 Å². The summed E-state index contributed by atoms with van der Waals surface area (Å²) in [5.41, 5.74) is 0.499. The van der Waals surface area contributed by atoms with E-state index in [1.807, 2.05) is 0 Å². The third-order valence-electron chi connectivity index (χ3n) is 5.91. The average Bonchev–Trinajstić information content (AvgIpc) is 2.73. The molecule has 1 atom stereocenters. The van der Waals surface area contributed by atoms with Crippen LogP contribution >= 0.6 is 11.6 Å². The monoisotopic (exact) mass is 407 g/mol. The van der Waals surface area contributed by atoms with Gasteiger partial charge in [-0.15, -0.1) is 0 Å². The molecule has 7 heteroatoms. The summed E-state index contributed by atoms with van der Waals surface area (Å²) in [5.74, 6) is -0.430. The second-order valence-electron chi connectivity index (χ2n) is 7.80. The number of halogens is 1. The number of nitrogens with one attached hydrogen (secondary N) is 2. The van der Waals surface area contributed by atoms with Crippen molar-refractivity contribution in [2.24, 2.45) is 0 Å². The maximum Gasteiger partial charge on any atom is 0.251 e. The Balaban J connectivity index is 1.56. The first kappa shape index (κ1) is 21.1. The predicted octanol–water partition coefficient (Wildman–Crippen LogP) is 2.61. The largest absolute Gasteiger partial charge is 0.379 e. The van der Waals surface area contributed by atoms with Crippen LogP contribution < -0.4 is 10.6 Å². The summed E-state index contributed by atoms with van der Waals surface area (Å²) >= 11 is 5.86. The maximum atomic E-state index is 12.6. The zero-order valence-electron chi connectivity index (χ0n) is 16.5. The van der Waals surface area contributed by atoms with Gasteiger partial charge in [0.15, 0.2) is 0 Å². The molecule has 1 aromatic carbocycles. The molecule has 0 bridgehead atoms. The van der Waals surface area contributed by atoms with Crippen LogP contribution in [0.15, 0.2) is 24.3 Å². The molecular weight excluding hydrogens is 378 g/mol. The minimum Gasteiger partial charge on any atom is -0.379 e. The Bertz CT molecular complexity index is 668. The quantitative estimate of drug-likeness (QED) is 0.760. The van der Waals surface area contributed by atoms with Crippen molar-refractivity contribution in [2.45, 2.75) is 50.6 Å². The highest BCUT2D eigenvalue weighted by molar-refractivity contribution is 6.30. The number of hydrogen-bond acceptors (Lipinski definition) is 4. The van der Waals surface area contributed by atoms with Gasteiger partial charge in [-0.25, -0.2) is 0 Å². The molecule has 1 aliphatic heterocycles. The fraction of sp³-hybridized carbons (Fsp3) is 0.619. The van der Waals surface area contributed by atoms with Gasteiger partial charge in [-0.05, 0) is 44.0 Å². The van der Waals surface area contributed by atoms with E-state index >= 15 is 0 Å². The first-order chi connectivity index (χ1) is 13.5. The van der Waals surface area contributed by atoms with Crippen LogP contribution in [0.1, 0.15) is 49.4 Å². The van der Waals surface area contributed by atoms with Crippen molar-refractivity contribution in [3.05, 3.63) is 34.9 Å². The van der Waals surface area contributed by atoms with Gasteiger partial charge in [-0.1, -0.05) is 30.9 Å². The number of morpholine rings is 1. The van der Waals surface area contributed by atoms with Gasteiger partial charge in [0.05, 0.1) is 13.2 Å². The Hall–Kier alpha value is -1.63. The Labute approximate surface area is 171 Å². The average molecular weight is 408 g/mol. The Morgan fingerprint density at radius 1 is 1.14 bits per heavy atom. The number of hydrogen-bond donors (Lipinski definition) is 2. The first-order valence-electron chi connectivity index (χ1n) is 10.2. The van der Waals surface area contributed by atoms with Crippen molar-refractivity contribution in [2.75, 3.05) is 32.8 Å². The van der Waals surface area contributed by atoms with Crippen molar-refractivity contribution in [1.29, 1.82) is 0 Å². The number of rotatable bonds is 6. The highest BCUT2D eigenvalue weighted by Gasteiger charge is 2.39. The van der Waals surface area contributed by atoms with Gasteiger partial charge in [0.25, 0.3) is 5.91 Å². The van der Waals surface area contributed by atoms with Crippen molar-refractivity contribution in [1.82, 2.24) is 15.5 Å². The smallest absolute Gasteiger partial charge is 0.251 e. The molecule has 0 aromatic heterocycles. The van der Waals surface area contributed by atoms with E-state index in [-0.39, 0.29) is 17.4 Å². The molecular formula is C21H30ClN3O3. The molecule has 1 aromatic rings.